The Balaban J connectivity index is 1.53. The second kappa shape index (κ2) is 8.46. The number of amides is 1. The van der Waals surface area contributed by atoms with Gasteiger partial charge in [-0.15, -0.1) is 0 Å². The summed E-state index contributed by atoms with van der Waals surface area (Å²) in [6.07, 6.45) is 3.29. The first-order valence-corrected chi connectivity index (χ1v) is 10.4. The van der Waals surface area contributed by atoms with Crippen LogP contribution in [0.4, 0.5) is 10.8 Å². The van der Waals surface area contributed by atoms with Crippen LogP contribution in [0.5, 0.6) is 0 Å². The highest BCUT2D eigenvalue weighted by molar-refractivity contribution is 7.22. The molecule has 0 radical (unpaired) electrons. The molecule has 7 nitrogen and oxygen atoms in total. The molecule has 0 aliphatic rings. The van der Waals surface area contributed by atoms with Gasteiger partial charge >= 0.3 is 0 Å². The molecule has 0 bridgehead atoms. The quantitative estimate of drug-likeness (QED) is 0.289. The van der Waals surface area contributed by atoms with Crippen LogP contribution in [0, 0.1) is 10.1 Å². The highest BCUT2D eigenvalue weighted by Gasteiger charge is 2.20. The summed E-state index contributed by atoms with van der Waals surface area (Å²) in [5.41, 5.74) is 2.33. The van der Waals surface area contributed by atoms with E-state index in [2.05, 4.69) is 29.4 Å². The number of rotatable bonds is 7. The number of nitro benzene ring substituents is 1. The maximum Gasteiger partial charge on any atom is 0.293 e. The number of anilines is 1. The largest absolute Gasteiger partial charge is 0.451 e. The minimum Gasteiger partial charge on any atom is -0.451 e. The topological polar surface area (TPSA) is 98.3 Å². The molecule has 4 aromatic rings. The molecule has 0 saturated carbocycles. The van der Waals surface area contributed by atoms with Gasteiger partial charge in [-0.2, -0.15) is 0 Å². The van der Waals surface area contributed by atoms with Crippen molar-refractivity contribution in [2.75, 3.05) is 5.32 Å². The number of nitrogens with one attached hydrogen (secondary N) is 1. The molecule has 0 aliphatic carbocycles. The zero-order valence-electron chi connectivity index (χ0n) is 16.3. The summed E-state index contributed by atoms with van der Waals surface area (Å²) in [5.74, 6) is -0.131. The predicted molar refractivity (Wildman–Crippen MR) is 117 cm³/mol. The van der Waals surface area contributed by atoms with Gasteiger partial charge in [0.1, 0.15) is 5.76 Å². The van der Waals surface area contributed by atoms with Gasteiger partial charge < -0.3 is 4.42 Å². The van der Waals surface area contributed by atoms with E-state index in [4.69, 9.17) is 4.42 Å². The number of benzene rings is 2. The van der Waals surface area contributed by atoms with E-state index < -0.39 is 10.8 Å². The summed E-state index contributed by atoms with van der Waals surface area (Å²) < 4.78 is 6.61. The minimum atomic E-state index is -0.479. The first kappa shape index (κ1) is 19.8. The molecule has 1 N–H and O–H groups in total. The molecule has 0 saturated heterocycles. The summed E-state index contributed by atoms with van der Waals surface area (Å²) >= 11 is 1.40. The number of thiazole rings is 1. The fraction of sp³-hybridized carbons (Fsp3) is 0.182. The minimum absolute atomic E-state index is 0.0611. The van der Waals surface area contributed by atoms with Crippen LogP contribution >= 0.6 is 11.3 Å². The fourth-order valence-corrected chi connectivity index (χ4v) is 4.09. The number of aromatic nitrogens is 1. The van der Waals surface area contributed by atoms with Crippen LogP contribution in [0.3, 0.4) is 0 Å². The van der Waals surface area contributed by atoms with E-state index in [-0.39, 0.29) is 17.2 Å². The maximum absolute atomic E-state index is 12.6. The van der Waals surface area contributed by atoms with Crippen LogP contribution in [0.2, 0.25) is 0 Å². The lowest BCUT2D eigenvalue weighted by Crippen LogP contribution is -2.10. The van der Waals surface area contributed by atoms with Gasteiger partial charge in [0.25, 0.3) is 11.6 Å². The normalized spacial score (nSPS) is 11.0. The lowest BCUT2D eigenvalue weighted by molar-refractivity contribution is -0.384. The smallest absolute Gasteiger partial charge is 0.293 e. The van der Waals surface area contributed by atoms with Crippen molar-refractivity contribution in [2.24, 2.45) is 0 Å². The Labute approximate surface area is 176 Å². The number of para-hydroxylation sites is 1. The van der Waals surface area contributed by atoms with Gasteiger partial charge in [0.2, 0.25) is 0 Å². The Kier molecular flexibility index (Phi) is 5.58. The molecule has 0 aliphatic heterocycles. The number of carbonyl (C=O) groups excluding carboxylic acids is 1. The van der Waals surface area contributed by atoms with Crippen LogP contribution in [0.25, 0.3) is 21.5 Å². The number of unbranched alkanes of at least 4 members (excludes halogenated alkanes) is 1. The molecule has 1 amide bonds. The number of carbonyl (C=O) groups is 1. The molecule has 2 aromatic carbocycles. The van der Waals surface area contributed by atoms with Crippen molar-refractivity contribution in [3.05, 3.63) is 76.0 Å². The average Bonchev–Trinajstić information content (AvgIpc) is 3.38. The number of hydrogen-bond acceptors (Lipinski definition) is 6. The van der Waals surface area contributed by atoms with Crippen LogP contribution in [0.1, 0.15) is 35.9 Å². The summed E-state index contributed by atoms with van der Waals surface area (Å²) in [6, 6.07) is 15.4. The maximum atomic E-state index is 12.6. The average molecular weight is 421 g/mol. The number of fused-ring (bicyclic) bond motifs is 1. The summed E-state index contributed by atoms with van der Waals surface area (Å²) in [7, 11) is 0. The van der Waals surface area contributed by atoms with Gasteiger partial charge in [-0.3, -0.25) is 20.2 Å². The lowest BCUT2D eigenvalue weighted by atomic mass is 10.1. The Morgan fingerprint density at radius 2 is 2.03 bits per heavy atom. The molecule has 4 rings (SSSR count). The van der Waals surface area contributed by atoms with Gasteiger partial charge in [-0.05, 0) is 48.7 Å². The number of aryl methyl sites for hydroxylation is 1. The molecule has 0 fully saturated rings. The van der Waals surface area contributed by atoms with Crippen molar-refractivity contribution < 1.29 is 14.1 Å². The molecule has 0 spiro atoms. The molecule has 0 atom stereocenters. The second-order valence-corrected chi connectivity index (χ2v) is 7.85. The highest BCUT2D eigenvalue weighted by Crippen LogP contribution is 2.32. The predicted octanol–water partition coefficient (Wildman–Crippen LogP) is 6.06. The summed E-state index contributed by atoms with van der Waals surface area (Å²) in [4.78, 5) is 27.8. The Morgan fingerprint density at radius 1 is 1.20 bits per heavy atom. The van der Waals surface area contributed by atoms with E-state index in [0.29, 0.717) is 10.7 Å². The first-order chi connectivity index (χ1) is 14.5. The molecular weight excluding hydrogens is 402 g/mol. The van der Waals surface area contributed by atoms with Crippen LogP contribution in [0.15, 0.2) is 59.0 Å². The third kappa shape index (κ3) is 4.08. The molecular formula is C22H19N3O4S. The van der Waals surface area contributed by atoms with Crippen LogP contribution in [-0.2, 0) is 6.42 Å². The zero-order valence-corrected chi connectivity index (χ0v) is 17.1. The van der Waals surface area contributed by atoms with Gasteiger partial charge in [0.15, 0.2) is 10.9 Å². The van der Waals surface area contributed by atoms with Crippen molar-refractivity contribution >= 4 is 38.3 Å². The van der Waals surface area contributed by atoms with Gasteiger partial charge in [-0.25, -0.2) is 4.98 Å². The van der Waals surface area contributed by atoms with Gasteiger partial charge in [0.05, 0.1) is 20.7 Å². The van der Waals surface area contributed by atoms with Crippen molar-refractivity contribution in [1.82, 2.24) is 4.98 Å². The van der Waals surface area contributed by atoms with E-state index >= 15 is 0 Å². The molecule has 30 heavy (non-hydrogen) atoms. The standard InChI is InChI=1S/C22H19N3O4S/c1-2-3-6-14-9-10-16-20(13-14)30-22(23-16)24-21(26)19-12-11-18(29-19)15-7-4-5-8-17(15)25(27)28/h4-5,7-13H,2-3,6H2,1H3,(H,23,24,26). The monoisotopic (exact) mass is 421 g/mol. The highest BCUT2D eigenvalue weighted by atomic mass is 32.1. The van der Waals surface area contributed by atoms with E-state index in [1.807, 2.05) is 6.07 Å². The second-order valence-electron chi connectivity index (χ2n) is 6.82. The Morgan fingerprint density at radius 3 is 2.83 bits per heavy atom. The SMILES string of the molecule is CCCCc1ccc2nc(NC(=O)c3ccc(-c4ccccc4[N+](=O)[O-])o3)sc2c1. The van der Waals surface area contributed by atoms with Crippen LogP contribution in [-0.4, -0.2) is 15.8 Å². The van der Waals surface area contributed by atoms with Gasteiger partial charge in [-0.1, -0.05) is 42.9 Å². The van der Waals surface area contributed by atoms with Crippen molar-refractivity contribution in [2.45, 2.75) is 26.2 Å². The zero-order chi connectivity index (χ0) is 21.1. The van der Waals surface area contributed by atoms with Crippen LogP contribution < -0.4 is 5.32 Å². The van der Waals surface area contributed by atoms with Gasteiger partial charge in [0, 0.05) is 6.07 Å². The number of nitrogens with zero attached hydrogens (tertiary/aromatic N) is 2. The first-order valence-electron chi connectivity index (χ1n) is 9.59. The fourth-order valence-electron chi connectivity index (χ4n) is 3.16. The van der Waals surface area contributed by atoms with E-state index in [9.17, 15) is 14.9 Å². The summed E-state index contributed by atoms with van der Waals surface area (Å²) in [6.45, 7) is 2.16. The number of nitro groups is 1. The molecule has 152 valence electrons. The van der Waals surface area contributed by atoms with Crippen molar-refractivity contribution in [1.29, 1.82) is 0 Å². The number of hydrogen-bond donors (Lipinski definition) is 1. The molecule has 2 heterocycles. The Hall–Kier alpha value is -3.52. The lowest BCUT2D eigenvalue weighted by Gasteiger charge is -2.00. The summed E-state index contributed by atoms with van der Waals surface area (Å²) in [5, 5.41) is 14.5. The third-order valence-corrected chi connectivity index (χ3v) is 5.62. The van der Waals surface area contributed by atoms with E-state index in [1.165, 1.54) is 29.0 Å². The number of furan rings is 1. The third-order valence-electron chi connectivity index (χ3n) is 4.69. The molecule has 8 heteroatoms. The van der Waals surface area contributed by atoms with Crippen molar-refractivity contribution in [3.63, 3.8) is 0 Å². The molecule has 2 aromatic heterocycles. The Bertz CT molecular complexity index is 1230. The van der Waals surface area contributed by atoms with E-state index in [1.54, 1.807) is 24.3 Å². The molecule has 0 unspecified atom stereocenters. The van der Waals surface area contributed by atoms with E-state index in [0.717, 1.165) is 29.5 Å². The van der Waals surface area contributed by atoms with Crippen molar-refractivity contribution in [3.8, 4) is 11.3 Å².